The standard InChI is InChI=1S/C20H20N2O2/c1-12(23)17-11-10-16-19-15(13-6-8-14(24-2)9-7-13)4-3-5-18(19)22-20(16)21-17/h6-11,15H,3-5H2,1-2H3,(H,21,22). The number of H-pyrrole nitrogens is 1. The van der Waals surface area contributed by atoms with Gasteiger partial charge >= 0.3 is 0 Å². The van der Waals surface area contributed by atoms with E-state index in [2.05, 4.69) is 22.1 Å². The quantitative estimate of drug-likeness (QED) is 0.734. The first kappa shape index (κ1) is 14.9. The van der Waals surface area contributed by atoms with Crippen LogP contribution in [-0.4, -0.2) is 22.9 Å². The number of Topliss-reactive ketones (excluding diaryl/α,β-unsaturated/α-hetero) is 1. The molecule has 122 valence electrons. The van der Waals surface area contributed by atoms with Crippen molar-refractivity contribution in [2.75, 3.05) is 7.11 Å². The van der Waals surface area contributed by atoms with Crippen molar-refractivity contribution in [2.24, 2.45) is 0 Å². The molecule has 0 radical (unpaired) electrons. The summed E-state index contributed by atoms with van der Waals surface area (Å²) in [6.45, 7) is 1.55. The van der Waals surface area contributed by atoms with Crippen molar-refractivity contribution in [3.05, 3.63) is 58.9 Å². The maximum atomic E-state index is 11.6. The van der Waals surface area contributed by atoms with E-state index in [0.29, 0.717) is 11.6 Å². The topological polar surface area (TPSA) is 55.0 Å². The fourth-order valence-corrected chi connectivity index (χ4v) is 3.73. The van der Waals surface area contributed by atoms with Gasteiger partial charge in [-0.15, -0.1) is 0 Å². The van der Waals surface area contributed by atoms with Crippen molar-refractivity contribution >= 4 is 16.8 Å². The number of hydrogen-bond donors (Lipinski definition) is 1. The number of nitrogens with zero attached hydrogens (tertiary/aromatic N) is 1. The second kappa shape index (κ2) is 5.78. The molecule has 0 aliphatic heterocycles. The van der Waals surface area contributed by atoms with E-state index < -0.39 is 0 Å². The summed E-state index contributed by atoms with van der Waals surface area (Å²) in [5.74, 6) is 1.23. The third kappa shape index (κ3) is 2.39. The summed E-state index contributed by atoms with van der Waals surface area (Å²) in [5.41, 5.74) is 5.23. The summed E-state index contributed by atoms with van der Waals surface area (Å²) in [6.07, 6.45) is 3.31. The van der Waals surface area contributed by atoms with E-state index in [1.54, 1.807) is 14.0 Å². The number of hydrogen-bond acceptors (Lipinski definition) is 3. The second-order valence-corrected chi connectivity index (χ2v) is 6.38. The maximum Gasteiger partial charge on any atom is 0.178 e. The number of aromatic nitrogens is 2. The smallest absolute Gasteiger partial charge is 0.178 e. The Labute approximate surface area is 140 Å². The molecule has 0 fully saturated rings. The van der Waals surface area contributed by atoms with Gasteiger partial charge in [0.1, 0.15) is 17.1 Å². The molecule has 4 nitrogen and oxygen atoms in total. The van der Waals surface area contributed by atoms with Crippen molar-refractivity contribution in [3.63, 3.8) is 0 Å². The minimum atomic E-state index is -0.00354. The largest absolute Gasteiger partial charge is 0.497 e. The molecule has 0 saturated heterocycles. The maximum absolute atomic E-state index is 11.6. The average Bonchev–Trinajstić information content (AvgIpc) is 2.99. The van der Waals surface area contributed by atoms with E-state index in [1.165, 1.54) is 16.8 Å². The highest BCUT2D eigenvalue weighted by atomic mass is 16.5. The van der Waals surface area contributed by atoms with Gasteiger partial charge in [0.15, 0.2) is 5.78 Å². The zero-order valence-corrected chi connectivity index (χ0v) is 13.9. The van der Waals surface area contributed by atoms with Crippen molar-refractivity contribution in [2.45, 2.75) is 32.1 Å². The molecule has 0 spiro atoms. The summed E-state index contributed by atoms with van der Waals surface area (Å²) in [4.78, 5) is 19.5. The molecule has 2 aromatic heterocycles. The highest BCUT2D eigenvalue weighted by Crippen LogP contribution is 2.41. The van der Waals surface area contributed by atoms with E-state index in [9.17, 15) is 4.79 Å². The van der Waals surface area contributed by atoms with Gasteiger partial charge in [0.25, 0.3) is 0 Å². The molecular formula is C20H20N2O2. The highest BCUT2D eigenvalue weighted by Gasteiger charge is 2.26. The normalized spacial score (nSPS) is 16.8. The van der Waals surface area contributed by atoms with Gasteiger partial charge in [-0.2, -0.15) is 0 Å². The van der Waals surface area contributed by atoms with Gasteiger partial charge in [0, 0.05) is 23.9 Å². The molecule has 3 aromatic rings. The molecule has 0 saturated carbocycles. The minimum Gasteiger partial charge on any atom is -0.497 e. The van der Waals surface area contributed by atoms with Gasteiger partial charge in [-0.1, -0.05) is 12.1 Å². The number of aryl methyl sites for hydroxylation is 1. The van der Waals surface area contributed by atoms with Gasteiger partial charge in [-0.3, -0.25) is 4.79 Å². The van der Waals surface area contributed by atoms with Gasteiger partial charge in [-0.25, -0.2) is 4.98 Å². The van der Waals surface area contributed by atoms with E-state index in [0.717, 1.165) is 36.0 Å². The fraction of sp³-hybridized carbons (Fsp3) is 0.300. The molecule has 2 heterocycles. The molecule has 1 unspecified atom stereocenters. The first-order chi connectivity index (χ1) is 11.7. The van der Waals surface area contributed by atoms with Crippen LogP contribution in [0.2, 0.25) is 0 Å². The van der Waals surface area contributed by atoms with Crippen molar-refractivity contribution in [1.82, 2.24) is 9.97 Å². The number of ketones is 1. The number of benzene rings is 1. The van der Waals surface area contributed by atoms with Crippen LogP contribution in [-0.2, 0) is 6.42 Å². The van der Waals surface area contributed by atoms with Crippen LogP contribution in [0.4, 0.5) is 0 Å². The number of methoxy groups -OCH3 is 1. The van der Waals surface area contributed by atoms with Crippen LogP contribution in [0.15, 0.2) is 36.4 Å². The van der Waals surface area contributed by atoms with Gasteiger partial charge in [0.2, 0.25) is 0 Å². The molecule has 4 heteroatoms. The average molecular weight is 320 g/mol. The van der Waals surface area contributed by atoms with Crippen LogP contribution in [0, 0.1) is 0 Å². The monoisotopic (exact) mass is 320 g/mol. The Balaban J connectivity index is 1.83. The Hall–Kier alpha value is -2.62. The Morgan fingerprint density at radius 3 is 2.71 bits per heavy atom. The lowest BCUT2D eigenvalue weighted by Crippen LogP contribution is -2.10. The fourth-order valence-electron chi connectivity index (χ4n) is 3.73. The van der Waals surface area contributed by atoms with Crippen molar-refractivity contribution < 1.29 is 9.53 Å². The number of nitrogens with one attached hydrogen (secondary N) is 1. The summed E-state index contributed by atoms with van der Waals surface area (Å²) in [7, 11) is 1.69. The Bertz CT molecular complexity index is 909. The zero-order valence-electron chi connectivity index (χ0n) is 13.9. The summed E-state index contributed by atoms with van der Waals surface area (Å²) >= 11 is 0. The van der Waals surface area contributed by atoms with Crippen LogP contribution in [0.1, 0.15) is 53.0 Å². The third-order valence-corrected chi connectivity index (χ3v) is 4.93. The number of ether oxygens (including phenoxy) is 1. The molecule has 1 N–H and O–H groups in total. The Morgan fingerprint density at radius 1 is 1.21 bits per heavy atom. The van der Waals surface area contributed by atoms with Crippen molar-refractivity contribution in [3.8, 4) is 5.75 Å². The number of fused-ring (bicyclic) bond motifs is 3. The highest BCUT2D eigenvalue weighted by molar-refractivity contribution is 5.95. The van der Waals surface area contributed by atoms with Crippen LogP contribution < -0.4 is 4.74 Å². The minimum absolute atomic E-state index is 0.00354. The van der Waals surface area contributed by atoms with Crippen LogP contribution in [0.25, 0.3) is 11.0 Å². The molecular weight excluding hydrogens is 300 g/mol. The number of carbonyl (C=O) groups is 1. The molecule has 1 aromatic carbocycles. The molecule has 0 amide bonds. The van der Waals surface area contributed by atoms with E-state index >= 15 is 0 Å². The predicted molar refractivity (Wildman–Crippen MR) is 93.9 cm³/mol. The Morgan fingerprint density at radius 2 is 2.00 bits per heavy atom. The predicted octanol–water partition coefficient (Wildman–Crippen LogP) is 4.24. The van der Waals surface area contributed by atoms with E-state index in [4.69, 9.17) is 4.74 Å². The molecule has 1 atom stereocenters. The van der Waals surface area contributed by atoms with Crippen LogP contribution >= 0.6 is 0 Å². The molecule has 1 aliphatic rings. The number of aromatic amines is 1. The zero-order chi connectivity index (χ0) is 16.7. The third-order valence-electron chi connectivity index (χ3n) is 4.93. The summed E-state index contributed by atoms with van der Waals surface area (Å²) in [5, 5.41) is 1.13. The van der Waals surface area contributed by atoms with Gasteiger partial charge in [-0.05, 0) is 54.7 Å². The van der Waals surface area contributed by atoms with E-state index in [-0.39, 0.29) is 5.78 Å². The summed E-state index contributed by atoms with van der Waals surface area (Å²) in [6, 6.07) is 12.2. The molecule has 1 aliphatic carbocycles. The SMILES string of the molecule is COc1ccc(C2CCCc3[nH]c4nc(C(C)=O)ccc4c32)cc1. The lowest BCUT2D eigenvalue weighted by atomic mass is 9.81. The van der Waals surface area contributed by atoms with Crippen LogP contribution in [0.5, 0.6) is 5.75 Å². The molecule has 24 heavy (non-hydrogen) atoms. The first-order valence-electron chi connectivity index (χ1n) is 8.33. The lowest BCUT2D eigenvalue weighted by Gasteiger charge is -2.23. The van der Waals surface area contributed by atoms with Crippen LogP contribution in [0.3, 0.4) is 0 Å². The summed E-state index contributed by atoms with van der Waals surface area (Å²) < 4.78 is 5.27. The second-order valence-electron chi connectivity index (χ2n) is 6.38. The Kier molecular flexibility index (Phi) is 3.60. The van der Waals surface area contributed by atoms with Gasteiger partial charge < -0.3 is 9.72 Å². The van der Waals surface area contributed by atoms with Gasteiger partial charge in [0.05, 0.1) is 7.11 Å². The number of rotatable bonds is 3. The number of pyridine rings is 1. The lowest BCUT2D eigenvalue weighted by molar-refractivity contribution is 0.101. The first-order valence-corrected chi connectivity index (χ1v) is 8.33. The molecule has 0 bridgehead atoms. The molecule has 4 rings (SSSR count). The van der Waals surface area contributed by atoms with E-state index in [1.807, 2.05) is 24.3 Å². The number of carbonyl (C=O) groups excluding carboxylic acids is 1. The van der Waals surface area contributed by atoms with Crippen molar-refractivity contribution in [1.29, 1.82) is 0 Å².